The molecule has 3 rings (SSSR count). The topological polar surface area (TPSA) is 87.2 Å². The number of nitrogen functional groups attached to an aromatic ring is 1. The highest BCUT2D eigenvalue weighted by Crippen LogP contribution is 2.20. The number of carbonyl (C=O) groups is 1. The SMILES string of the molecule is COC(=O)CC(C)c1ccc(Cn2cncc(-c3ccc(N)cc3)c2=O)cc1. The largest absolute Gasteiger partial charge is 0.469 e. The van der Waals surface area contributed by atoms with Crippen LogP contribution in [0.3, 0.4) is 0 Å². The molecular formula is C22H23N3O3. The molecule has 3 aromatic rings. The Labute approximate surface area is 163 Å². The van der Waals surface area contributed by atoms with E-state index in [-0.39, 0.29) is 17.4 Å². The molecule has 0 fully saturated rings. The summed E-state index contributed by atoms with van der Waals surface area (Å²) in [4.78, 5) is 28.5. The number of anilines is 1. The van der Waals surface area contributed by atoms with Gasteiger partial charge in [-0.15, -0.1) is 0 Å². The predicted octanol–water partition coefficient (Wildman–Crippen LogP) is 3.21. The maximum Gasteiger partial charge on any atom is 0.306 e. The first-order valence-electron chi connectivity index (χ1n) is 9.04. The smallest absolute Gasteiger partial charge is 0.306 e. The lowest BCUT2D eigenvalue weighted by molar-refractivity contribution is -0.140. The number of esters is 1. The number of benzene rings is 2. The molecule has 2 N–H and O–H groups in total. The van der Waals surface area contributed by atoms with E-state index in [0.717, 1.165) is 16.7 Å². The molecule has 0 spiro atoms. The Morgan fingerprint density at radius 2 is 1.82 bits per heavy atom. The van der Waals surface area contributed by atoms with Gasteiger partial charge in [0.15, 0.2) is 0 Å². The van der Waals surface area contributed by atoms with E-state index < -0.39 is 0 Å². The van der Waals surface area contributed by atoms with Crippen LogP contribution >= 0.6 is 0 Å². The van der Waals surface area contributed by atoms with Crippen LogP contribution in [0.15, 0.2) is 65.8 Å². The standard InChI is InChI=1S/C22H23N3O3/c1-15(11-21(26)28-2)17-5-3-16(4-6-17)13-25-14-24-12-20(22(25)27)18-7-9-19(23)10-8-18/h3-10,12,14-15H,11,13,23H2,1-2H3. The molecule has 1 aromatic heterocycles. The number of ether oxygens (including phenoxy) is 1. The number of rotatable bonds is 6. The van der Waals surface area contributed by atoms with Crippen LogP contribution in [0.1, 0.15) is 30.4 Å². The number of nitrogens with two attached hydrogens (primary N) is 1. The zero-order valence-electron chi connectivity index (χ0n) is 16.0. The van der Waals surface area contributed by atoms with Crippen molar-refractivity contribution in [3.05, 3.63) is 82.5 Å². The minimum absolute atomic E-state index is 0.0692. The lowest BCUT2D eigenvalue weighted by atomic mass is 9.97. The van der Waals surface area contributed by atoms with Crippen LogP contribution in [0.2, 0.25) is 0 Å². The van der Waals surface area contributed by atoms with Gasteiger partial charge in [-0.25, -0.2) is 4.98 Å². The van der Waals surface area contributed by atoms with E-state index in [1.807, 2.05) is 43.3 Å². The molecule has 0 aliphatic carbocycles. The number of methoxy groups -OCH3 is 1. The minimum atomic E-state index is -0.228. The Kier molecular flexibility index (Phi) is 5.89. The molecular weight excluding hydrogens is 354 g/mol. The second-order valence-corrected chi connectivity index (χ2v) is 6.79. The summed E-state index contributed by atoms with van der Waals surface area (Å²) in [7, 11) is 1.39. The second-order valence-electron chi connectivity index (χ2n) is 6.79. The average Bonchev–Trinajstić information content (AvgIpc) is 2.70. The van der Waals surface area contributed by atoms with Crippen molar-refractivity contribution in [1.82, 2.24) is 9.55 Å². The van der Waals surface area contributed by atoms with E-state index >= 15 is 0 Å². The van der Waals surface area contributed by atoms with Crippen LogP contribution in [0.25, 0.3) is 11.1 Å². The van der Waals surface area contributed by atoms with E-state index in [0.29, 0.717) is 24.2 Å². The average molecular weight is 377 g/mol. The van der Waals surface area contributed by atoms with Crippen molar-refractivity contribution in [3.63, 3.8) is 0 Å². The number of carbonyl (C=O) groups excluding carboxylic acids is 1. The summed E-state index contributed by atoms with van der Waals surface area (Å²) in [6.45, 7) is 2.40. The quantitative estimate of drug-likeness (QED) is 0.526. The highest BCUT2D eigenvalue weighted by atomic mass is 16.5. The van der Waals surface area contributed by atoms with Crippen LogP contribution in [0.4, 0.5) is 5.69 Å². The number of hydrogen-bond acceptors (Lipinski definition) is 5. The molecule has 0 bridgehead atoms. The molecule has 0 aliphatic rings. The Morgan fingerprint density at radius 3 is 2.46 bits per heavy atom. The first kappa shape index (κ1) is 19.4. The minimum Gasteiger partial charge on any atom is -0.469 e. The van der Waals surface area contributed by atoms with Gasteiger partial charge in [-0.3, -0.25) is 14.2 Å². The Morgan fingerprint density at radius 1 is 1.14 bits per heavy atom. The van der Waals surface area contributed by atoms with Gasteiger partial charge in [0.05, 0.1) is 32.0 Å². The zero-order valence-corrected chi connectivity index (χ0v) is 16.0. The van der Waals surface area contributed by atoms with Crippen molar-refractivity contribution < 1.29 is 9.53 Å². The zero-order chi connectivity index (χ0) is 20.1. The normalized spacial score (nSPS) is 11.8. The van der Waals surface area contributed by atoms with Crippen molar-refractivity contribution in [3.8, 4) is 11.1 Å². The van der Waals surface area contributed by atoms with Gasteiger partial charge in [-0.2, -0.15) is 0 Å². The fourth-order valence-electron chi connectivity index (χ4n) is 3.02. The van der Waals surface area contributed by atoms with Gasteiger partial charge in [0.2, 0.25) is 0 Å². The van der Waals surface area contributed by atoms with Crippen molar-refractivity contribution in [1.29, 1.82) is 0 Å². The van der Waals surface area contributed by atoms with Crippen LogP contribution in [-0.2, 0) is 16.1 Å². The van der Waals surface area contributed by atoms with E-state index in [1.165, 1.54) is 13.4 Å². The summed E-state index contributed by atoms with van der Waals surface area (Å²) < 4.78 is 6.30. The molecule has 1 atom stereocenters. The fourth-order valence-corrected chi connectivity index (χ4v) is 3.02. The van der Waals surface area contributed by atoms with Crippen molar-refractivity contribution in [2.24, 2.45) is 0 Å². The molecule has 0 amide bonds. The third kappa shape index (κ3) is 4.46. The maximum atomic E-state index is 12.8. The summed E-state index contributed by atoms with van der Waals surface area (Å²) >= 11 is 0. The van der Waals surface area contributed by atoms with E-state index in [4.69, 9.17) is 10.5 Å². The molecule has 144 valence electrons. The number of nitrogens with zero attached hydrogens (tertiary/aromatic N) is 2. The molecule has 28 heavy (non-hydrogen) atoms. The number of hydrogen-bond donors (Lipinski definition) is 1. The molecule has 6 nitrogen and oxygen atoms in total. The molecule has 1 unspecified atom stereocenters. The third-order valence-electron chi connectivity index (χ3n) is 4.72. The van der Waals surface area contributed by atoms with Gasteiger partial charge in [0, 0.05) is 11.9 Å². The van der Waals surface area contributed by atoms with E-state index in [1.54, 1.807) is 22.9 Å². The maximum absolute atomic E-state index is 12.8. The molecule has 6 heteroatoms. The van der Waals surface area contributed by atoms with Crippen LogP contribution < -0.4 is 11.3 Å². The van der Waals surface area contributed by atoms with Crippen molar-refractivity contribution in [2.45, 2.75) is 25.8 Å². The summed E-state index contributed by atoms with van der Waals surface area (Å²) in [5.41, 5.74) is 9.61. The first-order valence-corrected chi connectivity index (χ1v) is 9.04. The summed E-state index contributed by atoms with van der Waals surface area (Å²) in [5.74, 6) is -0.159. The fraction of sp³-hybridized carbons (Fsp3) is 0.227. The summed E-state index contributed by atoms with van der Waals surface area (Å²) in [6.07, 6.45) is 3.45. The van der Waals surface area contributed by atoms with Crippen molar-refractivity contribution in [2.75, 3.05) is 12.8 Å². The molecule has 0 radical (unpaired) electrons. The summed E-state index contributed by atoms with van der Waals surface area (Å²) in [6, 6.07) is 15.0. The van der Waals surface area contributed by atoms with Crippen LogP contribution in [-0.4, -0.2) is 22.6 Å². The van der Waals surface area contributed by atoms with Crippen LogP contribution in [0.5, 0.6) is 0 Å². The Balaban J connectivity index is 1.79. The lowest BCUT2D eigenvalue weighted by Crippen LogP contribution is -2.22. The first-order chi connectivity index (χ1) is 13.5. The molecule has 0 aliphatic heterocycles. The van der Waals surface area contributed by atoms with Gasteiger partial charge in [-0.1, -0.05) is 43.3 Å². The molecule has 0 saturated carbocycles. The van der Waals surface area contributed by atoms with Gasteiger partial charge in [0.25, 0.3) is 5.56 Å². The summed E-state index contributed by atoms with van der Waals surface area (Å²) in [5, 5.41) is 0. The van der Waals surface area contributed by atoms with Gasteiger partial charge < -0.3 is 10.5 Å². The van der Waals surface area contributed by atoms with E-state index in [2.05, 4.69) is 4.98 Å². The third-order valence-corrected chi connectivity index (χ3v) is 4.72. The van der Waals surface area contributed by atoms with E-state index in [9.17, 15) is 9.59 Å². The lowest BCUT2D eigenvalue weighted by Gasteiger charge is -2.12. The van der Waals surface area contributed by atoms with Gasteiger partial charge in [-0.05, 0) is 34.7 Å². The van der Waals surface area contributed by atoms with Crippen molar-refractivity contribution >= 4 is 11.7 Å². The highest BCUT2D eigenvalue weighted by molar-refractivity contribution is 5.70. The molecule has 0 saturated heterocycles. The monoisotopic (exact) mass is 377 g/mol. The second kappa shape index (κ2) is 8.52. The molecule has 1 heterocycles. The Hall–Kier alpha value is -3.41. The van der Waals surface area contributed by atoms with Gasteiger partial charge in [0.1, 0.15) is 0 Å². The highest BCUT2D eigenvalue weighted by Gasteiger charge is 2.12. The van der Waals surface area contributed by atoms with Crippen LogP contribution in [0, 0.1) is 0 Å². The molecule has 2 aromatic carbocycles. The Bertz CT molecular complexity index is 1010. The predicted molar refractivity (Wildman–Crippen MR) is 109 cm³/mol. The van der Waals surface area contributed by atoms with Gasteiger partial charge >= 0.3 is 5.97 Å². The number of aromatic nitrogens is 2.